The summed E-state index contributed by atoms with van der Waals surface area (Å²) in [6.45, 7) is 2.02. The van der Waals surface area contributed by atoms with Gasteiger partial charge in [0.1, 0.15) is 5.82 Å². The summed E-state index contributed by atoms with van der Waals surface area (Å²) in [5.74, 6) is 0.345. The summed E-state index contributed by atoms with van der Waals surface area (Å²) in [7, 11) is 0. The monoisotopic (exact) mass is 353 g/mol. The molecule has 6 heteroatoms. The lowest BCUT2D eigenvalue weighted by molar-refractivity contribution is -0.116. The number of fused-ring (bicyclic) bond motifs is 1. The number of allylic oxidation sites excluding steroid dienone is 2. The Balaban J connectivity index is 1.98. The Morgan fingerprint density at radius 3 is 2.64 bits per heavy atom. The first-order valence-corrected chi connectivity index (χ1v) is 9.59. The summed E-state index contributed by atoms with van der Waals surface area (Å²) >= 11 is 1.40. The minimum atomic E-state index is -0.355. The van der Waals surface area contributed by atoms with Crippen molar-refractivity contribution in [2.24, 2.45) is 0 Å². The molecular weight excluding hydrogens is 334 g/mol. The van der Waals surface area contributed by atoms with Crippen LogP contribution in [0.1, 0.15) is 41.9 Å². The Bertz CT molecular complexity index is 944. The predicted molar refractivity (Wildman–Crippen MR) is 99.2 cm³/mol. The van der Waals surface area contributed by atoms with E-state index in [1.165, 1.54) is 11.8 Å². The van der Waals surface area contributed by atoms with Crippen LogP contribution in [-0.2, 0) is 4.79 Å². The van der Waals surface area contributed by atoms with Gasteiger partial charge in [0.25, 0.3) is 5.56 Å². The van der Waals surface area contributed by atoms with Gasteiger partial charge in [0.05, 0.1) is 5.56 Å². The highest BCUT2D eigenvalue weighted by Crippen LogP contribution is 2.43. The van der Waals surface area contributed by atoms with E-state index in [0.717, 1.165) is 35.2 Å². The topological polar surface area (TPSA) is 74.8 Å². The van der Waals surface area contributed by atoms with Crippen LogP contribution >= 0.6 is 11.8 Å². The SMILES string of the molecule is CSc1nc2c(c(=O)[nH]1)[C@H](c1ccc(C)cc1)C1=C(CCCC1=O)N2. The van der Waals surface area contributed by atoms with Gasteiger partial charge in [-0.15, -0.1) is 0 Å². The van der Waals surface area contributed by atoms with Gasteiger partial charge in [-0.1, -0.05) is 41.6 Å². The first kappa shape index (κ1) is 16.1. The number of hydrogen-bond donors (Lipinski definition) is 2. The molecule has 0 fully saturated rings. The Kier molecular flexibility index (Phi) is 4.00. The molecule has 1 atom stereocenters. The van der Waals surface area contributed by atoms with Crippen molar-refractivity contribution in [1.29, 1.82) is 0 Å². The van der Waals surface area contributed by atoms with E-state index in [2.05, 4.69) is 15.3 Å². The smallest absolute Gasteiger partial charge is 0.257 e. The van der Waals surface area contributed by atoms with E-state index >= 15 is 0 Å². The summed E-state index contributed by atoms with van der Waals surface area (Å²) in [5, 5.41) is 3.84. The van der Waals surface area contributed by atoms with Crippen molar-refractivity contribution in [1.82, 2.24) is 9.97 Å². The van der Waals surface area contributed by atoms with Crippen molar-refractivity contribution >= 4 is 23.4 Å². The van der Waals surface area contributed by atoms with Gasteiger partial charge in [0.15, 0.2) is 10.9 Å². The number of Topliss-reactive ketones (excluding diaryl/α,β-unsaturated/α-hetero) is 1. The van der Waals surface area contributed by atoms with Gasteiger partial charge in [-0.05, 0) is 31.6 Å². The highest BCUT2D eigenvalue weighted by molar-refractivity contribution is 7.98. The van der Waals surface area contributed by atoms with Gasteiger partial charge < -0.3 is 10.3 Å². The van der Waals surface area contributed by atoms with Crippen LogP contribution in [0, 0.1) is 6.92 Å². The zero-order chi connectivity index (χ0) is 17.6. The molecular formula is C19H19N3O2S. The Labute approximate surface area is 150 Å². The number of nitrogens with zero attached hydrogens (tertiary/aromatic N) is 1. The third-order valence-electron chi connectivity index (χ3n) is 4.84. The molecule has 5 nitrogen and oxygen atoms in total. The van der Waals surface area contributed by atoms with Gasteiger partial charge in [-0.25, -0.2) is 4.98 Å². The number of nitrogens with one attached hydrogen (secondary N) is 2. The van der Waals surface area contributed by atoms with Crippen LogP contribution in [0.5, 0.6) is 0 Å². The number of aromatic nitrogens is 2. The summed E-state index contributed by atoms with van der Waals surface area (Å²) < 4.78 is 0. The second-order valence-electron chi connectivity index (χ2n) is 6.48. The number of thioether (sulfide) groups is 1. The molecule has 1 aliphatic carbocycles. The van der Waals surface area contributed by atoms with E-state index in [4.69, 9.17) is 0 Å². The summed E-state index contributed by atoms with van der Waals surface area (Å²) in [6.07, 6.45) is 4.05. The number of aryl methyl sites for hydroxylation is 1. The standard InChI is InChI=1S/C19H19N3O2S/c1-10-6-8-11(9-7-10)14-15-12(4-3-5-13(15)23)20-17-16(14)18(24)22-19(21-17)25-2/h6-9,14H,3-5H2,1-2H3,(H2,20,21,22,24)/t14-/m1/s1. The first-order valence-electron chi connectivity index (χ1n) is 8.36. The van der Waals surface area contributed by atoms with E-state index in [1.807, 2.05) is 37.4 Å². The molecule has 0 saturated heterocycles. The molecule has 1 aromatic carbocycles. The fourth-order valence-electron chi connectivity index (χ4n) is 3.63. The second-order valence-corrected chi connectivity index (χ2v) is 7.27. The maximum Gasteiger partial charge on any atom is 0.257 e. The molecule has 25 heavy (non-hydrogen) atoms. The van der Waals surface area contributed by atoms with Crippen LogP contribution < -0.4 is 10.9 Å². The lowest BCUT2D eigenvalue weighted by atomic mass is 9.76. The van der Waals surface area contributed by atoms with Gasteiger partial charge in [-0.3, -0.25) is 9.59 Å². The molecule has 0 amide bonds. The zero-order valence-corrected chi connectivity index (χ0v) is 15.0. The van der Waals surface area contributed by atoms with Gasteiger partial charge in [-0.2, -0.15) is 0 Å². The van der Waals surface area contributed by atoms with Crippen LogP contribution in [0.25, 0.3) is 0 Å². The van der Waals surface area contributed by atoms with Crippen molar-refractivity contribution in [3.63, 3.8) is 0 Å². The maximum atomic E-state index is 12.8. The lowest BCUT2D eigenvalue weighted by Crippen LogP contribution is -2.32. The van der Waals surface area contributed by atoms with Gasteiger partial charge >= 0.3 is 0 Å². The van der Waals surface area contributed by atoms with E-state index in [0.29, 0.717) is 23.0 Å². The highest BCUT2D eigenvalue weighted by atomic mass is 32.2. The summed E-state index contributed by atoms with van der Waals surface area (Å²) in [4.78, 5) is 32.9. The molecule has 2 aromatic rings. The average Bonchev–Trinajstić information content (AvgIpc) is 2.61. The van der Waals surface area contributed by atoms with Crippen LogP contribution in [0.2, 0.25) is 0 Å². The Morgan fingerprint density at radius 1 is 1.16 bits per heavy atom. The fourth-order valence-corrected chi connectivity index (χ4v) is 4.01. The van der Waals surface area contributed by atoms with Crippen LogP contribution in [0.15, 0.2) is 45.5 Å². The molecule has 0 bridgehead atoms. The number of carbonyl (C=O) groups excluding carboxylic acids is 1. The van der Waals surface area contributed by atoms with Crippen LogP contribution in [0.4, 0.5) is 5.82 Å². The third-order valence-corrected chi connectivity index (χ3v) is 5.42. The van der Waals surface area contributed by atoms with Crippen LogP contribution in [-0.4, -0.2) is 22.0 Å². The molecule has 128 valence electrons. The lowest BCUT2D eigenvalue weighted by Gasteiger charge is -2.32. The minimum Gasteiger partial charge on any atom is -0.343 e. The molecule has 1 aromatic heterocycles. The first-order chi connectivity index (χ1) is 12.1. The molecule has 0 saturated carbocycles. The average molecular weight is 353 g/mol. The number of carbonyl (C=O) groups is 1. The Hall–Kier alpha value is -2.34. The molecule has 0 radical (unpaired) electrons. The number of ketones is 1. The predicted octanol–water partition coefficient (Wildman–Crippen LogP) is 3.36. The van der Waals surface area contributed by atoms with Crippen molar-refractivity contribution in [2.75, 3.05) is 11.6 Å². The van der Waals surface area contributed by atoms with E-state index in [1.54, 1.807) is 0 Å². The zero-order valence-electron chi connectivity index (χ0n) is 14.2. The molecule has 2 aliphatic rings. The Morgan fingerprint density at radius 2 is 1.92 bits per heavy atom. The maximum absolute atomic E-state index is 12.8. The van der Waals surface area contributed by atoms with E-state index in [9.17, 15) is 9.59 Å². The summed E-state index contributed by atoms with van der Waals surface area (Å²) in [5.41, 5.74) is 4.10. The van der Waals surface area contributed by atoms with E-state index in [-0.39, 0.29) is 17.3 Å². The molecule has 2 heterocycles. The normalized spacial score (nSPS) is 19.3. The van der Waals surface area contributed by atoms with E-state index < -0.39 is 0 Å². The van der Waals surface area contributed by atoms with Crippen molar-refractivity contribution in [3.05, 3.63) is 62.6 Å². The summed E-state index contributed by atoms with van der Waals surface area (Å²) in [6, 6.07) is 8.04. The minimum absolute atomic E-state index is 0.123. The highest BCUT2D eigenvalue weighted by Gasteiger charge is 2.37. The molecule has 2 N–H and O–H groups in total. The second kappa shape index (κ2) is 6.19. The number of aromatic amines is 1. The fraction of sp³-hybridized carbons (Fsp3) is 0.316. The number of rotatable bonds is 2. The third kappa shape index (κ3) is 2.70. The van der Waals surface area contributed by atoms with Crippen molar-refractivity contribution < 1.29 is 4.79 Å². The number of benzene rings is 1. The molecule has 0 unspecified atom stereocenters. The quantitative estimate of drug-likeness (QED) is 0.640. The molecule has 4 rings (SSSR count). The number of H-pyrrole nitrogens is 1. The van der Waals surface area contributed by atoms with Crippen LogP contribution in [0.3, 0.4) is 0 Å². The van der Waals surface area contributed by atoms with Crippen molar-refractivity contribution in [2.45, 2.75) is 37.3 Å². The number of hydrogen-bond acceptors (Lipinski definition) is 5. The van der Waals surface area contributed by atoms with Gasteiger partial charge in [0.2, 0.25) is 0 Å². The van der Waals surface area contributed by atoms with Gasteiger partial charge in [0, 0.05) is 23.6 Å². The molecule has 1 aliphatic heterocycles. The largest absolute Gasteiger partial charge is 0.343 e. The van der Waals surface area contributed by atoms with Crippen molar-refractivity contribution in [3.8, 4) is 0 Å². The molecule has 0 spiro atoms. The number of anilines is 1.